The molecule has 4 rings (SSSR count). The molecule has 0 heterocycles. The zero-order valence-corrected chi connectivity index (χ0v) is 25.5. The van der Waals surface area contributed by atoms with Crippen LogP contribution in [0.1, 0.15) is 22.3 Å². The molecule has 0 spiro atoms. The summed E-state index contributed by atoms with van der Waals surface area (Å²) in [5.41, 5.74) is 5.13. The smallest absolute Gasteiger partial charge is 0.269 e. The first-order valence-electron chi connectivity index (χ1n) is 11.0. The minimum Gasteiger partial charge on any atom is -0.269 e. The van der Waals surface area contributed by atoms with Gasteiger partial charge in [-0.05, 0) is 63.7 Å². The monoisotopic (exact) mass is 576 g/mol. The van der Waals surface area contributed by atoms with Crippen LogP contribution in [0.2, 0.25) is 0 Å². The molecular formula is C28H29Cl3OP2Si. The van der Waals surface area contributed by atoms with E-state index in [2.05, 4.69) is 93.6 Å². The maximum absolute atomic E-state index is 10.2. The van der Waals surface area contributed by atoms with Crippen molar-refractivity contribution in [1.29, 1.82) is 0 Å². The van der Waals surface area contributed by atoms with Crippen molar-refractivity contribution in [1.82, 2.24) is 0 Å². The molecule has 0 radical (unpaired) electrons. The first-order chi connectivity index (χ1) is 16.7. The number of rotatable bonds is 4. The molecule has 7 heteroatoms. The van der Waals surface area contributed by atoms with Gasteiger partial charge in [-0.25, -0.2) is 0 Å². The van der Waals surface area contributed by atoms with Gasteiger partial charge in [-0.15, -0.1) is 33.2 Å². The Morgan fingerprint density at radius 2 is 0.743 bits per heavy atom. The lowest BCUT2D eigenvalue weighted by Crippen LogP contribution is -2.20. The second-order valence-electron chi connectivity index (χ2n) is 8.02. The highest BCUT2D eigenvalue weighted by Gasteiger charge is 2.16. The molecule has 0 aromatic heterocycles. The molecule has 182 valence electrons. The first-order valence-corrected chi connectivity index (χ1v) is 18.4. The third kappa shape index (κ3) is 11.0. The molecule has 0 bridgehead atoms. The van der Waals surface area contributed by atoms with E-state index in [9.17, 15) is 4.57 Å². The molecule has 0 N–H and O–H groups in total. The minimum absolute atomic E-state index is 0.102. The van der Waals surface area contributed by atoms with Crippen molar-refractivity contribution in [3.05, 3.63) is 119 Å². The molecule has 4 aromatic carbocycles. The van der Waals surface area contributed by atoms with Crippen molar-refractivity contribution in [2.45, 2.75) is 27.7 Å². The highest BCUT2D eigenvalue weighted by molar-refractivity contribution is 7.79. The largest absolute Gasteiger partial charge is 0.326 e. The van der Waals surface area contributed by atoms with Crippen molar-refractivity contribution < 1.29 is 4.57 Å². The molecular weight excluding hydrogens is 549 g/mol. The van der Waals surface area contributed by atoms with E-state index in [-0.39, 0.29) is 8.46 Å². The van der Waals surface area contributed by atoms with Crippen LogP contribution in [-0.4, -0.2) is 6.73 Å². The lowest BCUT2D eigenvalue weighted by Gasteiger charge is -2.20. The van der Waals surface area contributed by atoms with E-state index in [0.717, 1.165) is 5.30 Å². The van der Waals surface area contributed by atoms with Gasteiger partial charge >= 0.3 is 6.73 Å². The Bertz CT molecular complexity index is 1050. The van der Waals surface area contributed by atoms with E-state index in [4.69, 9.17) is 33.2 Å². The van der Waals surface area contributed by atoms with E-state index >= 15 is 0 Å². The maximum Gasteiger partial charge on any atom is 0.326 e. The highest BCUT2D eigenvalue weighted by Crippen LogP contribution is 2.32. The molecule has 0 fully saturated rings. The van der Waals surface area contributed by atoms with Crippen LogP contribution in [0.15, 0.2) is 97.1 Å². The summed E-state index contributed by atoms with van der Waals surface area (Å²) >= 11 is 14.8. The molecule has 35 heavy (non-hydrogen) atoms. The molecule has 0 atom stereocenters. The van der Waals surface area contributed by atoms with Crippen LogP contribution in [0.4, 0.5) is 0 Å². The van der Waals surface area contributed by atoms with E-state index in [1.165, 1.54) is 38.2 Å². The van der Waals surface area contributed by atoms with Crippen LogP contribution >= 0.6 is 49.6 Å². The fraction of sp³-hybridized carbons (Fsp3) is 0.143. The summed E-state index contributed by atoms with van der Waals surface area (Å²) in [4.78, 5) is 0. The third-order valence-corrected chi connectivity index (χ3v) is 7.97. The topological polar surface area (TPSA) is 17.1 Å². The van der Waals surface area contributed by atoms with Gasteiger partial charge in [0.25, 0.3) is 0 Å². The number of benzene rings is 4. The number of halogens is 3. The van der Waals surface area contributed by atoms with Crippen LogP contribution in [-0.2, 0) is 4.57 Å². The number of aryl methyl sites for hydroxylation is 4. The van der Waals surface area contributed by atoms with Gasteiger partial charge in [-0.1, -0.05) is 107 Å². The van der Waals surface area contributed by atoms with Gasteiger partial charge in [0.2, 0.25) is 0 Å². The van der Waals surface area contributed by atoms with Gasteiger partial charge in [0, 0.05) is 5.30 Å². The van der Waals surface area contributed by atoms with Crippen LogP contribution in [0.3, 0.4) is 0 Å². The molecule has 0 saturated heterocycles. The standard InChI is InChI=1S/C21H21P.C7H7OP.Cl3HSi/c1-16-4-10-19(11-5-16)22(20-12-6-17(2)7-13-20)21-14-8-18(3)9-15-21;1-6-2-4-7(9-8)5-3-6;1-4(2)3/h4-15H,1-3H3;2-5H,1H3;4H. The third-order valence-electron chi connectivity index (χ3n) is 5.02. The summed E-state index contributed by atoms with van der Waals surface area (Å²) in [6.07, 6.45) is 0. The summed E-state index contributed by atoms with van der Waals surface area (Å²) in [6, 6.07) is 34.6. The Morgan fingerprint density at radius 3 is 0.971 bits per heavy atom. The summed E-state index contributed by atoms with van der Waals surface area (Å²) < 4.78 is 10.2. The van der Waals surface area contributed by atoms with Gasteiger partial charge in [-0.2, -0.15) is 0 Å². The quantitative estimate of drug-likeness (QED) is 0.138. The lowest BCUT2D eigenvalue weighted by atomic mass is 10.2. The van der Waals surface area contributed by atoms with Crippen LogP contribution in [0.5, 0.6) is 0 Å². The van der Waals surface area contributed by atoms with Gasteiger partial charge < -0.3 is 0 Å². The predicted molar refractivity (Wildman–Crippen MR) is 162 cm³/mol. The number of hydrogen-bond donors (Lipinski definition) is 0. The predicted octanol–water partition coefficient (Wildman–Crippen LogP) is 7.70. The van der Waals surface area contributed by atoms with E-state index in [1.807, 2.05) is 31.2 Å². The molecule has 4 aromatic rings. The zero-order chi connectivity index (χ0) is 25.8. The molecule has 1 nitrogen and oxygen atoms in total. The summed E-state index contributed by atoms with van der Waals surface area (Å²) in [5.74, 6) is 0. The van der Waals surface area contributed by atoms with Crippen molar-refractivity contribution in [3.63, 3.8) is 0 Å². The van der Waals surface area contributed by atoms with Gasteiger partial charge in [0.15, 0.2) is 8.46 Å². The fourth-order valence-corrected chi connectivity index (χ4v) is 5.64. The maximum atomic E-state index is 10.2. The average Bonchev–Trinajstić information content (AvgIpc) is 2.83. The summed E-state index contributed by atoms with van der Waals surface area (Å²) in [6.45, 7) is 6.71. The Kier molecular flexibility index (Phi) is 13.2. The van der Waals surface area contributed by atoms with Crippen molar-refractivity contribution in [2.24, 2.45) is 0 Å². The Hall–Kier alpha value is -1.50. The van der Waals surface area contributed by atoms with Crippen LogP contribution in [0, 0.1) is 27.7 Å². The van der Waals surface area contributed by atoms with Gasteiger partial charge in [-0.3, -0.25) is 4.57 Å². The lowest BCUT2D eigenvalue weighted by molar-refractivity contribution is 0.603. The highest BCUT2D eigenvalue weighted by atomic mass is 35.8. The molecule has 0 aliphatic rings. The summed E-state index contributed by atoms with van der Waals surface area (Å²) in [7, 11) is -0.381. The van der Waals surface area contributed by atoms with E-state index < -0.39 is 14.6 Å². The van der Waals surface area contributed by atoms with Crippen molar-refractivity contribution >= 4 is 77.6 Å². The van der Waals surface area contributed by atoms with Crippen LogP contribution < -0.4 is 21.2 Å². The van der Waals surface area contributed by atoms with Crippen molar-refractivity contribution in [2.75, 3.05) is 0 Å². The van der Waals surface area contributed by atoms with E-state index in [0.29, 0.717) is 0 Å². The molecule has 0 saturated carbocycles. The zero-order valence-electron chi connectivity index (χ0n) is 20.3. The number of hydrogen-bond acceptors (Lipinski definition) is 1. The SMILES string of the molecule is Cc1ccc(P(c2ccc(C)cc2)c2ccc(C)cc2)cc1.Cc1ccc(P=O)cc1.Cl[SiH](Cl)Cl. The molecule has 0 unspecified atom stereocenters. The normalized spacial score (nSPS) is 10.4. The Morgan fingerprint density at radius 1 is 0.514 bits per heavy atom. The molecule has 0 amide bonds. The second kappa shape index (κ2) is 15.6. The van der Waals surface area contributed by atoms with E-state index in [1.54, 1.807) is 0 Å². The summed E-state index contributed by atoms with van der Waals surface area (Å²) in [5, 5.41) is 5.07. The Labute approximate surface area is 228 Å². The average molecular weight is 578 g/mol. The first kappa shape index (κ1) is 29.7. The Balaban J connectivity index is 0.000000275. The van der Waals surface area contributed by atoms with Gasteiger partial charge in [0.1, 0.15) is 0 Å². The fourth-order valence-electron chi connectivity index (χ4n) is 3.13. The van der Waals surface area contributed by atoms with Gasteiger partial charge in [0.05, 0.1) is 0 Å². The molecule has 0 aliphatic carbocycles. The van der Waals surface area contributed by atoms with Crippen molar-refractivity contribution in [3.8, 4) is 0 Å². The van der Waals surface area contributed by atoms with Crippen LogP contribution in [0.25, 0.3) is 0 Å². The minimum atomic E-state index is -1.72. The molecule has 0 aliphatic heterocycles. The second-order valence-corrected chi connectivity index (χ2v) is 17.4.